The fraction of sp³-hybridized carbons (Fsp3) is 0.600. The fourth-order valence-electron chi connectivity index (χ4n) is 2.49. The monoisotopic (exact) mass is 268 g/mol. The van der Waals surface area contributed by atoms with E-state index < -0.39 is 0 Å². The van der Waals surface area contributed by atoms with Crippen LogP contribution in [0.5, 0.6) is 0 Å². The van der Waals surface area contributed by atoms with Crippen LogP contribution >= 0.6 is 12.4 Å². The molecule has 3 heteroatoms. The molecule has 0 aliphatic carbocycles. The molecule has 102 valence electrons. The second-order valence-electron chi connectivity index (χ2n) is 5.14. The largest absolute Gasteiger partial charge is 0.317 e. The summed E-state index contributed by atoms with van der Waals surface area (Å²) in [5.41, 5.74) is 2.81. The van der Waals surface area contributed by atoms with E-state index in [2.05, 4.69) is 41.8 Å². The quantitative estimate of drug-likeness (QED) is 0.802. The van der Waals surface area contributed by atoms with Crippen molar-refractivity contribution in [3.63, 3.8) is 0 Å². The molecule has 1 aromatic rings. The number of rotatable bonds is 5. The van der Waals surface area contributed by atoms with Gasteiger partial charge in [0.15, 0.2) is 0 Å². The number of hydrogen-bond donors (Lipinski definition) is 2. The molecule has 1 saturated heterocycles. The molecule has 2 nitrogen and oxygen atoms in total. The third-order valence-corrected chi connectivity index (χ3v) is 3.56. The highest BCUT2D eigenvalue weighted by molar-refractivity contribution is 5.85. The summed E-state index contributed by atoms with van der Waals surface area (Å²) >= 11 is 0. The second-order valence-corrected chi connectivity index (χ2v) is 5.14. The lowest BCUT2D eigenvalue weighted by Crippen LogP contribution is -2.34. The molecule has 0 spiro atoms. The first-order valence-corrected chi connectivity index (χ1v) is 6.81. The maximum atomic E-state index is 3.60. The van der Waals surface area contributed by atoms with Gasteiger partial charge in [-0.2, -0.15) is 0 Å². The van der Waals surface area contributed by atoms with Gasteiger partial charge >= 0.3 is 0 Å². The summed E-state index contributed by atoms with van der Waals surface area (Å²) in [6.45, 7) is 6.85. The van der Waals surface area contributed by atoms with Crippen LogP contribution in [-0.4, -0.2) is 26.2 Å². The van der Waals surface area contributed by atoms with Crippen molar-refractivity contribution in [1.29, 1.82) is 0 Å². The van der Waals surface area contributed by atoms with Crippen LogP contribution in [0, 0.1) is 12.8 Å². The van der Waals surface area contributed by atoms with Crippen LogP contribution in [-0.2, 0) is 6.42 Å². The summed E-state index contributed by atoms with van der Waals surface area (Å²) in [6.07, 6.45) is 3.81. The van der Waals surface area contributed by atoms with Gasteiger partial charge in [-0.3, -0.25) is 0 Å². The van der Waals surface area contributed by atoms with Crippen molar-refractivity contribution >= 4 is 12.4 Å². The normalized spacial score (nSPS) is 16.3. The molecule has 2 N–H and O–H groups in total. The molecule has 1 aliphatic rings. The van der Waals surface area contributed by atoms with E-state index in [0.29, 0.717) is 0 Å². The van der Waals surface area contributed by atoms with Crippen LogP contribution in [0.15, 0.2) is 24.3 Å². The topological polar surface area (TPSA) is 24.1 Å². The lowest BCUT2D eigenvalue weighted by molar-refractivity contribution is 0.358. The van der Waals surface area contributed by atoms with Gasteiger partial charge in [0, 0.05) is 0 Å². The van der Waals surface area contributed by atoms with Crippen LogP contribution in [0.3, 0.4) is 0 Å². The van der Waals surface area contributed by atoms with Gasteiger partial charge in [0.25, 0.3) is 0 Å². The van der Waals surface area contributed by atoms with Crippen LogP contribution < -0.4 is 10.6 Å². The zero-order valence-corrected chi connectivity index (χ0v) is 12.1. The van der Waals surface area contributed by atoms with Crippen molar-refractivity contribution in [2.45, 2.75) is 26.2 Å². The SMILES string of the molecule is Cc1cccc(CCNCC2CCNCC2)c1.Cl. The summed E-state index contributed by atoms with van der Waals surface area (Å²) in [6, 6.07) is 8.81. The van der Waals surface area contributed by atoms with E-state index in [9.17, 15) is 0 Å². The van der Waals surface area contributed by atoms with Crippen LogP contribution in [0.25, 0.3) is 0 Å². The Morgan fingerprint density at radius 3 is 2.78 bits per heavy atom. The highest BCUT2D eigenvalue weighted by atomic mass is 35.5. The number of halogens is 1. The molecule has 0 radical (unpaired) electrons. The molecule has 0 aromatic heterocycles. The van der Waals surface area contributed by atoms with Crippen molar-refractivity contribution < 1.29 is 0 Å². The fourth-order valence-corrected chi connectivity index (χ4v) is 2.49. The third kappa shape index (κ3) is 5.38. The maximum Gasteiger partial charge on any atom is -0.000823 e. The van der Waals surface area contributed by atoms with E-state index in [1.54, 1.807) is 0 Å². The van der Waals surface area contributed by atoms with Gasteiger partial charge in [-0.05, 0) is 63.8 Å². The smallest absolute Gasteiger partial charge is 0.000823 e. The van der Waals surface area contributed by atoms with Gasteiger partial charge in [-0.15, -0.1) is 12.4 Å². The number of piperidine rings is 1. The second kappa shape index (κ2) is 8.52. The maximum absolute atomic E-state index is 3.60. The lowest BCUT2D eigenvalue weighted by Gasteiger charge is -2.22. The van der Waals surface area contributed by atoms with Crippen LogP contribution in [0.2, 0.25) is 0 Å². The summed E-state index contributed by atoms with van der Waals surface area (Å²) in [4.78, 5) is 0. The van der Waals surface area contributed by atoms with Crippen LogP contribution in [0.1, 0.15) is 24.0 Å². The first kappa shape index (κ1) is 15.5. The van der Waals surface area contributed by atoms with Gasteiger partial charge in [0.05, 0.1) is 0 Å². The molecule has 2 rings (SSSR count). The predicted octanol–water partition coefficient (Wildman–Crippen LogP) is 2.55. The van der Waals surface area contributed by atoms with Gasteiger partial charge in [-0.25, -0.2) is 0 Å². The van der Waals surface area contributed by atoms with E-state index in [1.165, 1.54) is 43.6 Å². The molecular weight excluding hydrogens is 244 g/mol. The molecule has 0 unspecified atom stereocenters. The molecule has 1 heterocycles. The molecule has 1 aliphatic heterocycles. The van der Waals surface area contributed by atoms with Gasteiger partial charge < -0.3 is 10.6 Å². The van der Waals surface area contributed by atoms with E-state index in [0.717, 1.165) is 18.9 Å². The third-order valence-electron chi connectivity index (χ3n) is 3.56. The van der Waals surface area contributed by atoms with E-state index in [4.69, 9.17) is 0 Å². The minimum absolute atomic E-state index is 0. The van der Waals surface area contributed by atoms with Crippen LogP contribution in [0.4, 0.5) is 0 Å². The molecule has 0 amide bonds. The Kier molecular flexibility index (Phi) is 7.33. The van der Waals surface area contributed by atoms with Crippen molar-refractivity contribution in [1.82, 2.24) is 10.6 Å². The van der Waals surface area contributed by atoms with Crippen molar-refractivity contribution in [2.75, 3.05) is 26.2 Å². The average molecular weight is 269 g/mol. The Hall–Kier alpha value is -0.570. The first-order chi connectivity index (χ1) is 8.34. The van der Waals surface area contributed by atoms with E-state index in [1.807, 2.05) is 0 Å². The van der Waals surface area contributed by atoms with Crippen molar-refractivity contribution in [2.24, 2.45) is 5.92 Å². The van der Waals surface area contributed by atoms with Gasteiger partial charge in [0.1, 0.15) is 0 Å². The molecule has 0 bridgehead atoms. The highest BCUT2D eigenvalue weighted by Gasteiger charge is 2.11. The molecule has 0 atom stereocenters. The van der Waals surface area contributed by atoms with Gasteiger partial charge in [-0.1, -0.05) is 29.8 Å². The summed E-state index contributed by atoms with van der Waals surface area (Å²) in [7, 11) is 0. The molecular formula is C15H25ClN2. The van der Waals surface area contributed by atoms with E-state index >= 15 is 0 Å². The Labute approximate surface area is 117 Å². The average Bonchev–Trinajstić information content (AvgIpc) is 2.36. The first-order valence-electron chi connectivity index (χ1n) is 6.81. The lowest BCUT2D eigenvalue weighted by atomic mass is 9.98. The number of benzene rings is 1. The molecule has 18 heavy (non-hydrogen) atoms. The molecule has 1 aromatic carbocycles. The predicted molar refractivity (Wildman–Crippen MR) is 80.6 cm³/mol. The minimum Gasteiger partial charge on any atom is -0.317 e. The zero-order chi connectivity index (χ0) is 11.9. The minimum atomic E-state index is 0. The number of nitrogens with one attached hydrogen (secondary N) is 2. The Bertz CT molecular complexity index is 335. The van der Waals surface area contributed by atoms with Gasteiger partial charge in [0.2, 0.25) is 0 Å². The Morgan fingerprint density at radius 2 is 2.06 bits per heavy atom. The van der Waals surface area contributed by atoms with E-state index in [-0.39, 0.29) is 12.4 Å². The summed E-state index contributed by atoms with van der Waals surface area (Å²) < 4.78 is 0. The zero-order valence-electron chi connectivity index (χ0n) is 11.2. The molecule has 0 saturated carbocycles. The molecule has 1 fully saturated rings. The van der Waals surface area contributed by atoms with Crippen molar-refractivity contribution in [3.8, 4) is 0 Å². The Morgan fingerprint density at radius 1 is 1.28 bits per heavy atom. The summed E-state index contributed by atoms with van der Waals surface area (Å²) in [5, 5.41) is 7.00. The number of hydrogen-bond acceptors (Lipinski definition) is 2. The Balaban J connectivity index is 0.00000162. The summed E-state index contributed by atoms with van der Waals surface area (Å²) in [5.74, 6) is 0.883. The number of aryl methyl sites for hydroxylation is 1. The van der Waals surface area contributed by atoms with Crippen molar-refractivity contribution in [3.05, 3.63) is 35.4 Å². The standard InChI is InChI=1S/C15H24N2.ClH/c1-13-3-2-4-14(11-13)5-10-17-12-15-6-8-16-9-7-15;/h2-4,11,15-17H,5-10,12H2,1H3;1H. The highest BCUT2D eigenvalue weighted by Crippen LogP contribution is 2.10.